The van der Waals surface area contributed by atoms with E-state index in [1.807, 2.05) is 6.92 Å². The van der Waals surface area contributed by atoms with Crippen LogP contribution in [0.15, 0.2) is 77.7 Å². The Morgan fingerprint density at radius 3 is 2.49 bits per heavy atom. The highest BCUT2D eigenvalue weighted by atomic mass is 32.2. The highest BCUT2D eigenvalue weighted by molar-refractivity contribution is 7.92. The first-order valence-corrected chi connectivity index (χ1v) is 13.7. The zero-order chi connectivity index (χ0) is 24.4. The van der Waals surface area contributed by atoms with Crippen LogP contribution in [0.2, 0.25) is 0 Å². The van der Waals surface area contributed by atoms with E-state index in [9.17, 15) is 13.2 Å². The third-order valence-corrected chi connectivity index (χ3v) is 8.65. The summed E-state index contributed by atoms with van der Waals surface area (Å²) in [6.07, 6.45) is 4.36. The third-order valence-electron chi connectivity index (χ3n) is 6.86. The van der Waals surface area contributed by atoms with Gasteiger partial charge in [0.2, 0.25) is 0 Å². The van der Waals surface area contributed by atoms with Gasteiger partial charge < -0.3 is 10.1 Å². The molecule has 7 heteroatoms. The summed E-state index contributed by atoms with van der Waals surface area (Å²) in [5.74, 6) is 0.0533. The van der Waals surface area contributed by atoms with E-state index >= 15 is 0 Å². The topological polar surface area (TPSA) is 75.7 Å². The Hall–Kier alpha value is -3.32. The smallest absolute Gasteiger partial charge is 0.264 e. The second-order valence-corrected chi connectivity index (χ2v) is 11.0. The summed E-state index contributed by atoms with van der Waals surface area (Å²) in [7, 11) is -3.87. The van der Waals surface area contributed by atoms with Crippen LogP contribution in [0.4, 0.5) is 5.69 Å². The minimum Gasteiger partial charge on any atom is -0.476 e. The molecular weight excluding hydrogens is 460 g/mol. The van der Waals surface area contributed by atoms with E-state index in [1.54, 1.807) is 54.6 Å². The lowest BCUT2D eigenvalue weighted by atomic mass is 9.88. The maximum absolute atomic E-state index is 13.5. The number of fused-ring (bicyclic) bond motifs is 2. The van der Waals surface area contributed by atoms with Gasteiger partial charge in [-0.2, -0.15) is 0 Å². The average Bonchev–Trinajstić information content (AvgIpc) is 2.91. The van der Waals surface area contributed by atoms with E-state index in [4.69, 9.17) is 4.74 Å². The molecule has 1 amide bonds. The molecule has 1 heterocycles. The molecule has 6 nitrogen and oxygen atoms in total. The van der Waals surface area contributed by atoms with Crippen LogP contribution in [-0.2, 0) is 27.7 Å². The molecule has 2 atom stereocenters. The largest absolute Gasteiger partial charge is 0.476 e. The van der Waals surface area contributed by atoms with Gasteiger partial charge in [0, 0.05) is 0 Å². The highest BCUT2D eigenvalue weighted by Crippen LogP contribution is 2.37. The van der Waals surface area contributed by atoms with Crippen molar-refractivity contribution in [2.45, 2.75) is 56.1 Å². The van der Waals surface area contributed by atoms with E-state index in [1.165, 1.54) is 28.3 Å². The van der Waals surface area contributed by atoms with E-state index in [2.05, 4.69) is 23.5 Å². The Morgan fingerprint density at radius 1 is 1.00 bits per heavy atom. The minimum absolute atomic E-state index is 0.0965. The van der Waals surface area contributed by atoms with Crippen molar-refractivity contribution in [2.75, 3.05) is 10.8 Å². The van der Waals surface area contributed by atoms with E-state index in [0.29, 0.717) is 11.4 Å². The Bertz CT molecular complexity index is 1320. The normalized spacial score (nSPS) is 18.1. The van der Waals surface area contributed by atoms with Gasteiger partial charge in [0.15, 0.2) is 6.10 Å². The zero-order valence-electron chi connectivity index (χ0n) is 19.8. The van der Waals surface area contributed by atoms with Gasteiger partial charge in [0.25, 0.3) is 15.9 Å². The summed E-state index contributed by atoms with van der Waals surface area (Å²) in [5.41, 5.74) is 4.27. The van der Waals surface area contributed by atoms with Gasteiger partial charge >= 0.3 is 0 Å². The Morgan fingerprint density at radius 2 is 1.71 bits per heavy atom. The third kappa shape index (κ3) is 4.65. The Kier molecular flexibility index (Phi) is 6.52. The quantitative estimate of drug-likeness (QED) is 0.539. The maximum Gasteiger partial charge on any atom is 0.264 e. The van der Waals surface area contributed by atoms with Crippen LogP contribution in [0, 0.1) is 0 Å². The van der Waals surface area contributed by atoms with Crippen molar-refractivity contribution in [1.29, 1.82) is 0 Å². The SMILES string of the molecule is CCC(NC(=O)C1CN(S(=O)(=O)c2ccccc2)c2ccccc2O1)c1ccc2c(c1)CCCC2. The summed E-state index contributed by atoms with van der Waals surface area (Å²) < 4.78 is 34.3. The first-order valence-electron chi connectivity index (χ1n) is 12.2. The van der Waals surface area contributed by atoms with Crippen LogP contribution in [0.25, 0.3) is 0 Å². The maximum atomic E-state index is 13.5. The first-order chi connectivity index (χ1) is 17.0. The number of amides is 1. The molecule has 2 unspecified atom stereocenters. The number of ether oxygens (including phenoxy) is 1. The van der Waals surface area contributed by atoms with E-state index in [0.717, 1.165) is 24.8 Å². The fourth-order valence-electron chi connectivity index (χ4n) is 4.94. The molecule has 0 bridgehead atoms. The van der Waals surface area contributed by atoms with Crippen molar-refractivity contribution < 1.29 is 17.9 Å². The predicted molar refractivity (Wildman–Crippen MR) is 136 cm³/mol. The molecule has 0 radical (unpaired) electrons. The first kappa shape index (κ1) is 23.4. The van der Waals surface area contributed by atoms with Crippen molar-refractivity contribution in [3.05, 3.63) is 89.5 Å². The van der Waals surface area contributed by atoms with Crippen LogP contribution < -0.4 is 14.4 Å². The second-order valence-electron chi connectivity index (χ2n) is 9.13. The van der Waals surface area contributed by atoms with Crippen molar-refractivity contribution in [2.24, 2.45) is 0 Å². The fourth-order valence-corrected chi connectivity index (χ4v) is 6.44. The monoisotopic (exact) mass is 490 g/mol. The summed E-state index contributed by atoms with van der Waals surface area (Å²) in [5, 5.41) is 3.12. The number of benzene rings is 3. The second kappa shape index (κ2) is 9.74. The summed E-state index contributed by atoms with van der Waals surface area (Å²) >= 11 is 0. The number of hydrogen-bond acceptors (Lipinski definition) is 4. The molecule has 0 saturated heterocycles. The van der Waals surface area contributed by atoms with Gasteiger partial charge in [0.1, 0.15) is 5.75 Å². The molecule has 1 aliphatic carbocycles. The number of nitrogens with one attached hydrogen (secondary N) is 1. The van der Waals surface area contributed by atoms with E-state index < -0.39 is 16.1 Å². The number of carbonyl (C=O) groups is 1. The van der Waals surface area contributed by atoms with Crippen molar-refractivity contribution >= 4 is 21.6 Å². The Balaban J connectivity index is 1.40. The Labute approximate surface area is 207 Å². The molecule has 0 spiro atoms. The lowest BCUT2D eigenvalue weighted by Crippen LogP contribution is -2.51. The highest BCUT2D eigenvalue weighted by Gasteiger charge is 2.38. The zero-order valence-corrected chi connectivity index (χ0v) is 20.6. The molecule has 2 aliphatic rings. The molecule has 3 aromatic carbocycles. The summed E-state index contributed by atoms with van der Waals surface area (Å²) in [4.78, 5) is 13.6. The van der Waals surface area contributed by atoms with Crippen LogP contribution in [0.5, 0.6) is 5.75 Å². The number of aryl methyl sites for hydroxylation is 2. The van der Waals surface area contributed by atoms with Crippen molar-refractivity contribution in [3.8, 4) is 5.75 Å². The standard InChI is InChI=1S/C28H30N2O4S/c1-2-24(22-17-16-20-10-6-7-11-21(20)18-22)29-28(31)27-19-30(25-14-8-9-15-26(25)34-27)35(32,33)23-12-4-3-5-13-23/h3-5,8-9,12-18,24,27H,2,6-7,10-11,19H2,1H3,(H,29,31). The average molecular weight is 491 g/mol. The molecule has 5 rings (SSSR count). The predicted octanol–water partition coefficient (Wildman–Crippen LogP) is 4.79. The minimum atomic E-state index is -3.87. The number of carbonyl (C=O) groups excluding carboxylic acids is 1. The van der Waals surface area contributed by atoms with Gasteiger partial charge in [-0.05, 0) is 73.1 Å². The lowest BCUT2D eigenvalue weighted by molar-refractivity contribution is -0.128. The van der Waals surface area contributed by atoms with Crippen LogP contribution in [-0.4, -0.2) is 27.0 Å². The van der Waals surface area contributed by atoms with E-state index in [-0.39, 0.29) is 23.4 Å². The molecule has 0 fully saturated rings. The molecule has 1 N–H and O–H groups in total. The van der Waals surface area contributed by atoms with Crippen LogP contribution >= 0.6 is 0 Å². The molecular formula is C28H30N2O4S. The summed E-state index contributed by atoms with van der Waals surface area (Å²) in [6.45, 7) is 1.94. The van der Waals surface area contributed by atoms with Crippen molar-refractivity contribution in [1.82, 2.24) is 5.32 Å². The number of rotatable bonds is 6. The number of sulfonamides is 1. The van der Waals surface area contributed by atoms with Gasteiger partial charge in [-0.25, -0.2) is 8.42 Å². The molecule has 182 valence electrons. The molecule has 35 heavy (non-hydrogen) atoms. The molecule has 3 aromatic rings. The van der Waals surface area contributed by atoms with Crippen LogP contribution in [0.1, 0.15) is 48.9 Å². The van der Waals surface area contributed by atoms with Gasteiger partial charge in [-0.3, -0.25) is 9.10 Å². The van der Waals surface area contributed by atoms with Crippen molar-refractivity contribution in [3.63, 3.8) is 0 Å². The fraction of sp³-hybridized carbons (Fsp3) is 0.321. The number of nitrogens with zero attached hydrogens (tertiary/aromatic N) is 1. The van der Waals surface area contributed by atoms with Gasteiger partial charge in [0.05, 0.1) is 23.2 Å². The van der Waals surface area contributed by atoms with Crippen LogP contribution in [0.3, 0.4) is 0 Å². The molecule has 0 saturated carbocycles. The van der Waals surface area contributed by atoms with Gasteiger partial charge in [-0.1, -0.05) is 55.5 Å². The number of anilines is 1. The summed E-state index contributed by atoms with van der Waals surface area (Å²) in [6, 6.07) is 21.5. The molecule has 1 aliphatic heterocycles. The molecule has 0 aromatic heterocycles. The number of hydrogen-bond donors (Lipinski definition) is 1. The number of para-hydroxylation sites is 2. The lowest BCUT2D eigenvalue weighted by Gasteiger charge is -2.35. The van der Waals surface area contributed by atoms with Gasteiger partial charge in [-0.15, -0.1) is 0 Å².